The average Bonchev–Trinajstić information content (AvgIpc) is 3.03. The first kappa shape index (κ1) is 9.33. The van der Waals surface area contributed by atoms with Crippen molar-refractivity contribution in [2.75, 3.05) is 11.9 Å². The molecule has 2 aromatic heterocycles. The van der Waals surface area contributed by atoms with Crippen molar-refractivity contribution in [3.63, 3.8) is 0 Å². The van der Waals surface area contributed by atoms with Crippen LogP contribution in [0.2, 0.25) is 0 Å². The van der Waals surface area contributed by atoms with Crippen LogP contribution in [0.4, 0.5) is 5.82 Å². The van der Waals surface area contributed by atoms with Crippen molar-refractivity contribution in [1.82, 2.24) is 19.5 Å². The van der Waals surface area contributed by atoms with E-state index in [0.717, 1.165) is 5.82 Å². The molecule has 0 N–H and O–H groups in total. The van der Waals surface area contributed by atoms with Crippen molar-refractivity contribution in [3.05, 3.63) is 31.0 Å². The molecule has 5 heteroatoms. The van der Waals surface area contributed by atoms with Crippen molar-refractivity contribution in [1.29, 1.82) is 0 Å². The van der Waals surface area contributed by atoms with E-state index in [4.69, 9.17) is 0 Å². The second kappa shape index (κ2) is 3.59. The van der Waals surface area contributed by atoms with E-state index in [0.29, 0.717) is 12.0 Å². The van der Waals surface area contributed by atoms with Gasteiger partial charge in [-0.25, -0.2) is 9.97 Å². The summed E-state index contributed by atoms with van der Waals surface area (Å²) in [6.07, 6.45) is 9.59. The lowest BCUT2D eigenvalue weighted by Crippen LogP contribution is -2.21. The van der Waals surface area contributed by atoms with Gasteiger partial charge in [0.05, 0.1) is 0 Å². The van der Waals surface area contributed by atoms with Crippen LogP contribution in [0.1, 0.15) is 12.8 Å². The van der Waals surface area contributed by atoms with Crippen molar-refractivity contribution in [2.45, 2.75) is 18.9 Å². The fraction of sp³-hybridized carbons (Fsp3) is 0.364. The molecular formula is C11H13N5. The number of aromatic nitrogens is 4. The van der Waals surface area contributed by atoms with Crippen LogP contribution < -0.4 is 4.90 Å². The van der Waals surface area contributed by atoms with E-state index in [1.165, 1.54) is 12.8 Å². The number of rotatable bonds is 3. The summed E-state index contributed by atoms with van der Waals surface area (Å²) in [6.45, 7) is 0. The molecule has 0 aliphatic heterocycles. The summed E-state index contributed by atoms with van der Waals surface area (Å²) < 4.78 is 1.81. The van der Waals surface area contributed by atoms with Crippen LogP contribution in [0, 0.1) is 0 Å². The van der Waals surface area contributed by atoms with Gasteiger partial charge in [0.2, 0.25) is 5.95 Å². The Bertz CT molecular complexity index is 475. The van der Waals surface area contributed by atoms with Crippen molar-refractivity contribution >= 4 is 5.82 Å². The predicted molar refractivity (Wildman–Crippen MR) is 60.6 cm³/mol. The van der Waals surface area contributed by atoms with Crippen LogP contribution >= 0.6 is 0 Å². The Labute approximate surface area is 93.8 Å². The molecule has 5 nitrogen and oxygen atoms in total. The molecule has 0 spiro atoms. The fourth-order valence-corrected chi connectivity index (χ4v) is 1.69. The Kier molecular flexibility index (Phi) is 2.09. The number of hydrogen-bond acceptors (Lipinski definition) is 4. The van der Waals surface area contributed by atoms with Gasteiger partial charge in [-0.2, -0.15) is 4.98 Å². The van der Waals surface area contributed by atoms with Crippen LogP contribution in [-0.2, 0) is 0 Å². The molecule has 16 heavy (non-hydrogen) atoms. The molecule has 2 aromatic rings. The highest BCUT2D eigenvalue weighted by Crippen LogP contribution is 2.28. The predicted octanol–water partition coefficient (Wildman–Crippen LogP) is 1.26. The quantitative estimate of drug-likeness (QED) is 0.773. The molecule has 2 heterocycles. The molecular weight excluding hydrogens is 202 g/mol. The summed E-state index contributed by atoms with van der Waals surface area (Å²) in [5, 5.41) is 0. The van der Waals surface area contributed by atoms with Gasteiger partial charge in [-0.15, -0.1) is 0 Å². The largest absolute Gasteiger partial charge is 0.357 e. The zero-order valence-corrected chi connectivity index (χ0v) is 9.11. The van der Waals surface area contributed by atoms with Crippen LogP contribution in [0.25, 0.3) is 5.95 Å². The molecule has 1 aliphatic carbocycles. The highest BCUT2D eigenvalue weighted by molar-refractivity contribution is 5.41. The van der Waals surface area contributed by atoms with E-state index in [1.54, 1.807) is 18.7 Å². The molecule has 0 atom stereocenters. The topological polar surface area (TPSA) is 46.8 Å². The summed E-state index contributed by atoms with van der Waals surface area (Å²) in [5.74, 6) is 1.64. The van der Waals surface area contributed by atoms with Gasteiger partial charge in [0.1, 0.15) is 12.1 Å². The molecule has 0 amide bonds. The van der Waals surface area contributed by atoms with E-state index in [-0.39, 0.29) is 0 Å². The fourth-order valence-electron chi connectivity index (χ4n) is 1.69. The summed E-state index contributed by atoms with van der Waals surface area (Å²) >= 11 is 0. The van der Waals surface area contributed by atoms with Crippen LogP contribution in [0.15, 0.2) is 31.0 Å². The lowest BCUT2D eigenvalue weighted by molar-refractivity contribution is 0.856. The second-order valence-corrected chi connectivity index (χ2v) is 4.03. The van der Waals surface area contributed by atoms with Gasteiger partial charge in [-0.05, 0) is 18.9 Å². The zero-order valence-electron chi connectivity index (χ0n) is 9.11. The normalized spacial score (nSPS) is 15.1. The van der Waals surface area contributed by atoms with Gasteiger partial charge in [-0.1, -0.05) is 0 Å². The molecule has 0 unspecified atom stereocenters. The minimum absolute atomic E-state index is 0.658. The first-order valence-electron chi connectivity index (χ1n) is 5.39. The van der Waals surface area contributed by atoms with Gasteiger partial charge < -0.3 is 4.90 Å². The third-order valence-corrected chi connectivity index (χ3v) is 2.82. The molecule has 1 saturated carbocycles. The third kappa shape index (κ3) is 1.64. The Morgan fingerprint density at radius 2 is 2.25 bits per heavy atom. The smallest absolute Gasteiger partial charge is 0.236 e. The molecule has 0 aromatic carbocycles. The lowest BCUT2D eigenvalue weighted by Gasteiger charge is -2.17. The Morgan fingerprint density at radius 3 is 2.94 bits per heavy atom. The SMILES string of the molecule is CN(c1ccnc(-n2ccnc2)n1)C1CC1. The minimum Gasteiger partial charge on any atom is -0.357 e. The highest BCUT2D eigenvalue weighted by atomic mass is 15.3. The Morgan fingerprint density at radius 1 is 1.38 bits per heavy atom. The van der Waals surface area contributed by atoms with Gasteiger partial charge in [0.25, 0.3) is 0 Å². The van der Waals surface area contributed by atoms with Crippen LogP contribution in [0.5, 0.6) is 0 Å². The van der Waals surface area contributed by atoms with E-state index in [9.17, 15) is 0 Å². The molecule has 3 rings (SSSR count). The third-order valence-electron chi connectivity index (χ3n) is 2.82. The van der Waals surface area contributed by atoms with Gasteiger partial charge >= 0.3 is 0 Å². The zero-order chi connectivity index (χ0) is 11.0. The maximum atomic E-state index is 4.51. The second-order valence-electron chi connectivity index (χ2n) is 4.03. The van der Waals surface area contributed by atoms with Crippen molar-refractivity contribution in [2.24, 2.45) is 0 Å². The Hall–Kier alpha value is -1.91. The monoisotopic (exact) mass is 215 g/mol. The van der Waals surface area contributed by atoms with Gasteiger partial charge in [-0.3, -0.25) is 4.57 Å². The molecule has 1 fully saturated rings. The van der Waals surface area contributed by atoms with Gasteiger partial charge in [0.15, 0.2) is 0 Å². The molecule has 1 aliphatic rings. The van der Waals surface area contributed by atoms with E-state index >= 15 is 0 Å². The van der Waals surface area contributed by atoms with E-state index < -0.39 is 0 Å². The molecule has 0 saturated heterocycles. The van der Waals surface area contributed by atoms with E-state index in [1.807, 2.05) is 16.8 Å². The van der Waals surface area contributed by atoms with E-state index in [2.05, 4.69) is 26.9 Å². The van der Waals surface area contributed by atoms with Crippen molar-refractivity contribution < 1.29 is 0 Å². The van der Waals surface area contributed by atoms with Crippen LogP contribution in [-0.4, -0.2) is 32.6 Å². The first-order valence-corrected chi connectivity index (χ1v) is 5.39. The minimum atomic E-state index is 0.658. The highest BCUT2D eigenvalue weighted by Gasteiger charge is 2.27. The lowest BCUT2D eigenvalue weighted by atomic mass is 10.5. The number of nitrogens with zero attached hydrogens (tertiary/aromatic N) is 5. The standard InChI is InChI=1S/C11H13N5/c1-15(9-2-3-9)10-4-5-13-11(14-10)16-7-6-12-8-16/h4-9H,2-3H2,1H3. The maximum Gasteiger partial charge on any atom is 0.236 e. The average molecular weight is 215 g/mol. The van der Waals surface area contributed by atoms with Gasteiger partial charge in [0, 0.05) is 31.7 Å². The number of hydrogen-bond donors (Lipinski definition) is 0. The summed E-state index contributed by atoms with van der Waals surface area (Å²) in [7, 11) is 2.08. The number of imidazole rings is 1. The number of anilines is 1. The maximum absolute atomic E-state index is 4.51. The Balaban J connectivity index is 1.93. The summed E-state index contributed by atoms with van der Waals surface area (Å²) in [5.41, 5.74) is 0. The molecule has 0 bridgehead atoms. The first-order chi connectivity index (χ1) is 7.84. The molecule has 0 radical (unpaired) electrons. The van der Waals surface area contributed by atoms with Crippen molar-refractivity contribution in [3.8, 4) is 5.95 Å². The summed E-state index contributed by atoms with van der Waals surface area (Å²) in [6, 6.07) is 2.60. The summed E-state index contributed by atoms with van der Waals surface area (Å²) in [4.78, 5) is 14.9. The molecule has 82 valence electrons. The van der Waals surface area contributed by atoms with Crippen LogP contribution in [0.3, 0.4) is 0 Å².